The number of nitrogens with zero attached hydrogens (tertiary/aromatic N) is 1. The second-order valence-electron chi connectivity index (χ2n) is 7.17. The first-order valence-corrected chi connectivity index (χ1v) is 8.79. The van der Waals surface area contributed by atoms with E-state index in [-0.39, 0.29) is 29.9 Å². The predicted octanol–water partition coefficient (Wildman–Crippen LogP) is 3.86. The van der Waals surface area contributed by atoms with Crippen LogP contribution in [0.1, 0.15) is 36.2 Å². The average Bonchev–Trinajstić information content (AvgIpc) is 3.22. The van der Waals surface area contributed by atoms with Crippen molar-refractivity contribution < 1.29 is 9.21 Å². The van der Waals surface area contributed by atoms with Gasteiger partial charge in [0.15, 0.2) is 5.76 Å². The molecule has 6 rings (SSSR count). The third-order valence-corrected chi connectivity index (χ3v) is 6.21. The summed E-state index contributed by atoms with van der Waals surface area (Å²) in [4.78, 5) is 15.3. The second-order valence-corrected chi connectivity index (χ2v) is 7.61. The number of piperidine rings is 3. The number of amides is 1. The summed E-state index contributed by atoms with van der Waals surface area (Å²) in [6, 6.07) is 7.53. The van der Waals surface area contributed by atoms with E-state index >= 15 is 0 Å². The second kappa shape index (κ2) is 5.65. The van der Waals surface area contributed by atoms with E-state index in [4.69, 9.17) is 16.0 Å². The molecule has 6 heteroatoms. The van der Waals surface area contributed by atoms with E-state index < -0.39 is 0 Å². The lowest BCUT2D eigenvalue weighted by atomic mass is 9.77. The van der Waals surface area contributed by atoms with Gasteiger partial charge in [-0.05, 0) is 62.9 Å². The smallest absolute Gasteiger partial charge is 0.287 e. The highest BCUT2D eigenvalue weighted by atomic mass is 35.5. The Morgan fingerprint density at radius 2 is 2.00 bits per heavy atom. The molecule has 1 N–H and O–H groups in total. The first-order valence-electron chi connectivity index (χ1n) is 8.41. The van der Waals surface area contributed by atoms with Crippen LogP contribution in [0.25, 0.3) is 11.0 Å². The molecule has 24 heavy (non-hydrogen) atoms. The number of fused-ring (bicyclic) bond motifs is 3. The molecule has 1 saturated carbocycles. The van der Waals surface area contributed by atoms with E-state index in [0.29, 0.717) is 22.3 Å². The number of benzene rings is 1. The molecule has 3 aliphatic heterocycles. The quantitative estimate of drug-likeness (QED) is 0.877. The van der Waals surface area contributed by atoms with E-state index in [1.54, 1.807) is 6.07 Å². The number of nitrogens with one attached hydrogen (secondary N) is 1. The summed E-state index contributed by atoms with van der Waals surface area (Å²) < 4.78 is 5.71. The summed E-state index contributed by atoms with van der Waals surface area (Å²) in [7, 11) is 0. The molecule has 0 radical (unpaired) electrons. The molecule has 4 nitrogen and oxygen atoms in total. The summed E-state index contributed by atoms with van der Waals surface area (Å²) in [5.74, 6) is 0.905. The molecule has 1 atom stereocenters. The summed E-state index contributed by atoms with van der Waals surface area (Å²) >= 11 is 5.99. The molecule has 128 valence electrons. The minimum atomic E-state index is -0.0950. The van der Waals surface area contributed by atoms with Gasteiger partial charge in [-0.3, -0.25) is 9.69 Å². The van der Waals surface area contributed by atoms with Crippen LogP contribution in [0.15, 0.2) is 28.7 Å². The fourth-order valence-corrected chi connectivity index (χ4v) is 4.81. The normalized spacial score (nSPS) is 29.5. The zero-order valence-electron chi connectivity index (χ0n) is 13.3. The Balaban J connectivity index is 0.00000146. The third-order valence-electron chi connectivity index (χ3n) is 5.97. The van der Waals surface area contributed by atoms with Crippen LogP contribution in [0.4, 0.5) is 0 Å². The van der Waals surface area contributed by atoms with Gasteiger partial charge in [0, 0.05) is 22.0 Å². The van der Waals surface area contributed by atoms with E-state index in [9.17, 15) is 4.79 Å². The van der Waals surface area contributed by atoms with Crippen LogP contribution in [-0.4, -0.2) is 35.5 Å². The number of carbonyl (C=O) groups is 1. The number of furan rings is 1. The maximum Gasteiger partial charge on any atom is 0.287 e. The van der Waals surface area contributed by atoms with Gasteiger partial charge < -0.3 is 9.73 Å². The van der Waals surface area contributed by atoms with Crippen LogP contribution in [0.3, 0.4) is 0 Å². The van der Waals surface area contributed by atoms with Gasteiger partial charge in [-0.15, -0.1) is 12.4 Å². The monoisotopic (exact) mass is 366 g/mol. The van der Waals surface area contributed by atoms with Crippen LogP contribution < -0.4 is 5.32 Å². The Morgan fingerprint density at radius 3 is 2.71 bits per heavy atom. The molecular weight excluding hydrogens is 347 g/mol. The van der Waals surface area contributed by atoms with Crippen molar-refractivity contribution in [2.75, 3.05) is 13.1 Å². The SMILES string of the molecule is Cl.O=C(N[C@@H]1C2CCN(CC2)C12CC2)c1cc2ccc(Cl)cc2o1. The van der Waals surface area contributed by atoms with Crippen LogP contribution in [-0.2, 0) is 0 Å². The van der Waals surface area contributed by atoms with Gasteiger partial charge in [0.2, 0.25) is 0 Å². The summed E-state index contributed by atoms with van der Waals surface area (Å²) in [5, 5.41) is 4.82. The number of halogens is 2. The van der Waals surface area contributed by atoms with Crippen molar-refractivity contribution in [2.24, 2.45) is 5.92 Å². The zero-order valence-corrected chi connectivity index (χ0v) is 14.8. The average molecular weight is 367 g/mol. The van der Waals surface area contributed by atoms with Crippen molar-refractivity contribution in [3.05, 3.63) is 35.0 Å². The Bertz CT molecular complexity index is 791. The molecular formula is C18H20Cl2N2O2. The molecule has 1 aromatic heterocycles. The van der Waals surface area contributed by atoms with Gasteiger partial charge in [0.05, 0.1) is 6.04 Å². The Morgan fingerprint density at radius 1 is 1.25 bits per heavy atom. The highest BCUT2D eigenvalue weighted by Crippen LogP contribution is 2.53. The van der Waals surface area contributed by atoms with Crippen molar-refractivity contribution in [3.8, 4) is 0 Å². The molecule has 1 aliphatic carbocycles. The minimum Gasteiger partial charge on any atom is -0.451 e. The van der Waals surface area contributed by atoms with Crippen molar-refractivity contribution in [3.63, 3.8) is 0 Å². The summed E-state index contributed by atoms with van der Waals surface area (Å²) in [5.41, 5.74) is 0.907. The Hall–Kier alpha value is -1.23. The highest BCUT2D eigenvalue weighted by Gasteiger charge is 2.60. The number of rotatable bonds is 2. The van der Waals surface area contributed by atoms with E-state index in [0.717, 1.165) is 5.39 Å². The first-order chi connectivity index (χ1) is 11.2. The maximum absolute atomic E-state index is 12.7. The van der Waals surface area contributed by atoms with Gasteiger partial charge in [-0.25, -0.2) is 0 Å². The Labute approximate surface area is 151 Å². The van der Waals surface area contributed by atoms with Crippen LogP contribution >= 0.6 is 24.0 Å². The molecule has 0 unspecified atom stereocenters. The van der Waals surface area contributed by atoms with Gasteiger partial charge >= 0.3 is 0 Å². The fraction of sp³-hybridized carbons (Fsp3) is 0.500. The fourth-order valence-electron chi connectivity index (χ4n) is 4.65. The molecule has 4 aliphatic rings. The van der Waals surface area contributed by atoms with Gasteiger partial charge in [-0.2, -0.15) is 0 Å². The largest absolute Gasteiger partial charge is 0.451 e. The lowest BCUT2D eigenvalue weighted by Crippen LogP contribution is -2.65. The standard InChI is InChI=1S/C18H19ClN2O2.ClH/c19-13-2-1-12-9-15(23-14(12)10-13)17(22)20-16-11-3-7-21(8-4-11)18(16)5-6-18;/h1-2,9-11,16H,3-8H2,(H,20,22);1H/t16-;/m1./s1. The molecule has 2 aromatic rings. The van der Waals surface area contributed by atoms with Gasteiger partial charge in [0.25, 0.3) is 5.91 Å². The van der Waals surface area contributed by atoms with E-state index in [2.05, 4.69) is 10.2 Å². The molecule has 1 spiro atoms. The molecule has 4 heterocycles. The maximum atomic E-state index is 12.7. The topological polar surface area (TPSA) is 45.5 Å². The molecule has 1 aromatic carbocycles. The van der Waals surface area contributed by atoms with Gasteiger partial charge in [-0.1, -0.05) is 11.6 Å². The lowest BCUT2D eigenvalue weighted by Gasteiger charge is -2.52. The van der Waals surface area contributed by atoms with E-state index in [1.165, 1.54) is 38.8 Å². The van der Waals surface area contributed by atoms with Crippen molar-refractivity contribution >= 4 is 40.9 Å². The molecule has 1 amide bonds. The zero-order chi connectivity index (χ0) is 15.6. The first kappa shape index (κ1) is 16.2. The predicted molar refractivity (Wildman–Crippen MR) is 96.0 cm³/mol. The van der Waals surface area contributed by atoms with Crippen LogP contribution in [0, 0.1) is 5.92 Å². The minimum absolute atomic E-state index is 0. The Kier molecular flexibility index (Phi) is 3.83. The van der Waals surface area contributed by atoms with Crippen molar-refractivity contribution in [1.82, 2.24) is 10.2 Å². The number of carbonyl (C=O) groups excluding carboxylic acids is 1. The number of hydrogen-bond acceptors (Lipinski definition) is 3. The van der Waals surface area contributed by atoms with Crippen LogP contribution in [0.2, 0.25) is 5.02 Å². The highest BCUT2D eigenvalue weighted by molar-refractivity contribution is 6.31. The van der Waals surface area contributed by atoms with Crippen LogP contribution in [0.5, 0.6) is 0 Å². The summed E-state index contributed by atoms with van der Waals surface area (Å²) in [6.45, 7) is 2.39. The van der Waals surface area contributed by atoms with Crippen molar-refractivity contribution in [1.29, 1.82) is 0 Å². The lowest BCUT2D eigenvalue weighted by molar-refractivity contribution is -0.00182. The van der Waals surface area contributed by atoms with E-state index in [1.807, 2.05) is 18.2 Å². The number of hydrogen-bond donors (Lipinski definition) is 1. The molecule has 2 bridgehead atoms. The summed E-state index contributed by atoms with van der Waals surface area (Å²) in [6.07, 6.45) is 4.82. The molecule has 3 saturated heterocycles. The molecule has 4 fully saturated rings. The third kappa shape index (κ3) is 2.35. The van der Waals surface area contributed by atoms with Gasteiger partial charge in [0.1, 0.15) is 5.58 Å². The van der Waals surface area contributed by atoms with Crippen molar-refractivity contribution in [2.45, 2.75) is 37.3 Å².